The van der Waals surface area contributed by atoms with E-state index < -0.39 is 5.97 Å². The van der Waals surface area contributed by atoms with Gasteiger partial charge in [-0.15, -0.1) is 0 Å². The van der Waals surface area contributed by atoms with Crippen molar-refractivity contribution in [2.45, 2.75) is 33.8 Å². The lowest BCUT2D eigenvalue weighted by molar-refractivity contribution is -0.130. The molecular formula is C21H24O4. The molecule has 0 unspecified atom stereocenters. The zero-order valence-electron chi connectivity index (χ0n) is 15.1. The van der Waals surface area contributed by atoms with E-state index in [2.05, 4.69) is 0 Å². The van der Waals surface area contributed by atoms with Crippen molar-refractivity contribution in [3.8, 4) is 11.5 Å². The van der Waals surface area contributed by atoms with E-state index in [1.165, 1.54) is 0 Å². The Bertz CT molecular complexity index is 775. The molecular weight excluding hydrogens is 316 g/mol. The number of aryl methyl sites for hydroxylation is 1. The van der Waals surface area contributed by atoms with Crippen molar-refractivity contribution in [3.63, 3.8) is 0 Å². The van der Waals surface area contributed by atoms with E-state index in [9.17, 15) is 9.90 Å². The first kappa shape index (κ1) is 18.6. The van der Waals surface area contributed by atoms with Crippen molar-refractivity contribution in [3.05, 3.63) is 59.2 Å². The number of carboxylic acids is 1. The van der Waals surface area contributed by atoms with Crippen LogP contribution < -0.4 is 9.47 Å². The molecule has 4 nitrogen and oxygen atoms in total. The molecule has 2 rings (SSSR count). The summed E-state index contributed by atoms with van der Waals surface area (Å²) in [5, 5.41) is 9.72. The van der Waals surface area contributed by atoms with E-state index in [4.69, 9.17) is 9.47 Å². The highest BCUT2D eigenvalue weighted by molar-refractivity contribution is 6.21. The van der Waals surface area contributed by atoms with E-state index in [1.54, 1.807) is 18.2 Å². The highest BCUT2D eigenvalue weighted by atomic mass is 16.5. The molecule has 0 aromatic heterocycles. The maximum atomic E-state index is 11.9. The van der Waals surface area contributed by atoms with Crippen LogP contribution in [-0.4, -0.2) is 23.8 Å². The number of aliphatic carboxylic acids is 1. The van der Waals surface area contributed by atoms with Crippen molar-refractivity contribution >= 4 is 17.6 Å². The average molecular weight is 340 g/mol. The lowest BCUT2D eigenvalue weighted by atomic mass is 9.98. The third kappa shape index (κ3) is 4.86. The van der Waals surface area contributed by atoms with E-state index in [1.807, 2.05) is 58.0 Å². The van der Waals surface area contributed by atoms with Crippen LogP contribution in [0.3, 0.4) is 0 Å². The Morgan fingerprint density at radius 1 is 1.20 bits per heavy atom. The van der Waals surface area contributed by atoms with Crippen molar-refractivity contribution in [2.24, 2.45) is 0 Å². The molecule has 132 valence electrons. The normalized spacial score (nSPS) is 11.5. The number of benzene rings is 2. The molecule has 1 N–H and O–H groups in total. The summed E-state index contributed by atoms with van der Waals surface area (Å²) in [6, 6.07) is 12.9. The number of hydrogen-bond acceptors (Lipinski definition) is 3. The Balaban J connectivity index is 2.49. The first-order valence-electron chi connectivity index (χ1n) is 8.36. The second-order valence-electron chi connectivity index (χ2n) is 5.98. The van der Waals surface area contributed by atoms with Gasteiger partial charge in [0.2, 0.25) is 0 Å². The fourth-order valence-electron chi connectivity index (χ4n) is 2.57. The summed E-state index contributed by atoms with van der Waals surface area (Å²) in [5.41, 5.74) is 2.47. The minimum Gasteiger partial charge on any atom is -0.494 e. The van der Waals surface area contributed by atoms with Gasteiger partial charge in [-0.05, 0) is 63.1 Å². The van der Waals surface area contributed by atoms with E-state index in [0.717, 1.165) is 16.9 Å². The summed E-state index contributed by atoms with van der Waals surface area (Å²) < 4.78 is 11.3. The van der Waals surface area contributed by atoms with E-state index in [-0.39, 0.29) is 11.7 Å². The third-order valence-electron chi connectivity index (χ3n) is 3.61. The van der Waals surface area contributed by atoms with Crippen LogP contribution in [0.1, 0.15) is 37.5 Å². The lowest BCUT2D eigenvalue weighted by Gasteiger charge is -2.14. The third-order valence-corrected chi connectivity index (χ3v) is 3.61. The van der Waals surface area contributed by atoms with Crippen LogP contribution in [0, 0.1) is 6.92 Å². The summed E-state index contributed by atoms with van der Waals surface area (Å²) >= 11 is 0. The number of rotatable bonds is 7. The van der Waals surface area contributed by atoms with Crippen LogP contribution in [0.5, 0.6) is 11.5 Å². The van der Waals surface area contributed by atoms with Gasteiger partial charge in [0.15, 0.2) is 0 Å². The minimum absolute atomic E-state index is 0.00930. The Morgan fingerprint density at radius 3 is 2.52 bits per heavy atom. The predicted octanol–water partition coefficient (Wildman–Crippen LogP) is 4.81. The summed E-state index contributed by atoms with van der Waals surface area (Å²) in [4.78, 5) is 11.9. The van der Waals surface area contributed by atoms with E-state index in [0.29, 0.717) is 17.9 Å². The molecule has 0 atom stereocenters. The molecule has 0 bridgehead atoms. The molecule has 0 aliphatic heterocycles. The molecule has 25 heavy (non-hydrogen) atoms. The summed E-state index contributed by atoms with van der Waals surface area (Å²) in [6.07, 6.45) is 1.66. The van der Waals surface area contributed by atoms with Crippen LogP contribution in [0.15, 0.2) is 42.5 Å². The van der Waals surface area contributed by atoms with Crippen molar-refractivity contribution in [2.75, 3.05) is 6.61 Å². The molecule has 0 amide bonds. The topological polar surface area (TPSA) is 55.8 Å². The average Bonchev–Trinajstić information content (AvgIpc) is 2.54. The van der Waals surface area contributed by atoms with Gasteiger partial charge in [0, 0.05) is 5.56 Å². The van der Waals surface area contributed by atoms with Gasteiger partial charge in [0.1, 0.15) is 11.5 Å². The van der Waals surface area contributed by atoms with Crippen LogP contribution in [0.2, 0.25) is 0 Å². The Kier molecular flexibility index (Phi) is 6.23. The highest BCUT2D eigenvalue weighted by Crippen LogP contribution is 2.29. The summed E-state index contributed by atoms with van der Waals surface area (Å²) in [5.74, 6) is 0.420. The zero-order valence-corrected chi connectivity index (χ0v) is 15.1. The molecule has 0 fully saturated rings. The first-order valence-corrected chi connectivity index (χ1v) is 8.36. The zero-order chi connectivity index (χ0) is 18.4. The molecule has 0 saturated carbocycles. The number of carboxylic acid groups (broad SMARTS) is 1. The summed E-state index contributed by atoms with van der Waals surface area (Å²) in [6.45, 7) is 8.24. The molecule has 0 radical (unpaired) electrons. The van der Waals surface area contributed by atoms with Gasteiger partial charge in [0.25, 0.3) is 0 Å². The SMILES string of the molecule is CCOc1ccc(/C(=C/c2ccccc2OC(C)C)C(=O)O)c(C)c1. The molecule has 0 saturated heterocycles. The lowest BCUT2D eigenvalue weighted by Crippen LogP contribution is -2.07. The predicted molar refractivity (Wildman–Crippen MR) is 100 cm³/mol. The Hall–Kier alpha value is -2.75. The van der Waals surface area contributed by atoms with E-state index >= 15 is 0 Å². The second kappa shape index (κ2) is 8.38. The first-order chi connectivity index (χ1) is 11.9. The molecule has 4 heteroatoms. The van der Waals surface area contributed by atoms with Crippen molar-refractivity contribution in [1.82, 2.24) is 0 Å². The van der Waals surface area contributed by atoms with Crippen LogP contribution in [0.25, 0.3) is 11.6 Å². The van der Waals surface area contributed by atoms with Gasteiger partial charge in [-0.2, -0.15) is 0 Å². The maximum Gasteiger partial charge on any atom is 0.336 e. The molecule has 2 aromatic rings. The monoisotopic (exact) mass is 340 g/mol. The fraction of sp³-hybridized carbons (Fsp3) is 0.286. The summed E-state index contributed by atoms with van der Waals surface area (Å²) in [7, 11) is 0. The van der Waals surface area contributed by atoms with Gasteiger partial charge in [0.05, 0.1) is 18.3 Å². The molecule has 0 aliphatic rings. The van der Waals surface area contributed by atoms with Crippen molar-refractivity contribution < 1.29 is 19.4 Å². The van der Waals surface area contributed by atoms with Gasteiger partial charge in [-0.3, -0.25) is 0 Å². The van der Waals surface area contributed by atoms with Crippen molar-refractivity contribution in [1.29, 1.82) is 0 Å². The highest BCUT2D eigenvalue weighted by Gasteiger charge is 2.15. The van der Waals surface area contributed by atoms with Gasteiger partial charge < -0.3 is 14.6 Å². The second-order valence-corrected chi connectivity index (χ2v) is 5.98. The Morgan fingerprint density at radius 2 is 1.92 bits per heavy atom. The fourth-order valence-corrected chi connectivity index (χ4v) is 2.57. The van der Waals surface area contributed by atoms with Crippen LogP contribution in [0.4, 0.5) is 0 Å². The number of ether oxygens (including phenoxy) is 2. The standard InChI is InChI=1S/C21H24O4/c1-5-24-17-10-11-18(15(4)12-17)19(21(22)23)13-16-8-6-7-9-20(16)25-14(2)3/h6-14H,5H2,1-4H3,(H,22,23)/b19-13-. The molecule has 0 heterocycles. The molecule has 0 spiro atoms. The maximum absolute atomic E-state index is 11.9. The number of para-hydroxylation sites is 1. The Labute approximate surface area is 148 Å². The quantitative estimate of drug-likeness (QED) is 0.581. The van der Waals surface area contributed by atoms with Gasteiger partial charge >= 0.3 is 5.97 Å². The van der Waals surface area contributed by atoms with Gasteiger partial charge in [-0.25, -0.2) is 4.79 Å². The van der Waals surface area contributed by atoms with Crippen LogP contribution >= 0.6 is 0 Å². The smallest absolute Gasteiger partial charge is 0.336 e. The number of carbonyl (C=O) groups is 1. The van der Waals surface area contributed by atoms with Gasteiger partial charge in [-0.1, -0.05) is 24.3 Å². The largest absolute Gasteiger partial charge is 0.494 e. The molecule has 2 aromatic carbocycles. The molecule has 0 aliphatic carbocycles. The number of hydrogen-bond donors (Lipinski definition) is 1. The van der Waals surface area contributed by atoms with Crippen LogP contribution in [-0.2, 0) is 4.79 Å². The minimum atomic E-state index is -0.980.